The number of H-pyrrole nitrogens is 1. The molecule has 34 heavy (non-hydrogen) atoms. The monoisotopic (exact) mass is 470 g/mol. The summed E-state index contributed by atoms with van der Waals surface area (Å²) in [5.41, 5.74) is -1.06. The highest BCUT2D eigenvalue weighted by Gasteiger charge is 2.56. The number of anilines is 2. The fraction of sp³-hybridized carbons (Fsp3) is 0.458. The first-order chi connectivity index (χ1) is 16.3. The molecule has 2 atom stereocenters. The lowest BCUT2D eigenvalue weighted by molar-refractivity contribution is -0.207. The van der Waals surface area contributed by atoms with Crippen LogP contribution in [0.15, 0.2) is 41.3 Å². The van der Waals surface area contributed by atoms with Gasteiger partial charge in [0.15, 0.2) is 5.82 Å². The van der Waals surface area contributed by atoms with Crippen molar-refractivity contribution in [1.82, 2.24) is 20.1 Å². The van der Waals surface area contributed by atoms with Gasteiger partial charge >= 0.3 is 6.18 Å². The van der Waals surface area contributed by atoms with Crippen LogP contribution in [0.3, 0.4) is 0 Å². The number of aromatic nitrogens is 3. The van der Waals surface area contributed by atoms with Gasteiger partial charge in [-0.15, -0.1) is 0 Å². The van der Waals surface area contributed by atoms with Crippen molar-refractivity contribution in [2.75, 3.05) is 11.9 Å². The molecular formula is C24H25F3N6O. The van der Waals surface area contributed by atoms with Crippen molar-refractivity contribution in [1.29, 1.82) is 5.26 Å². The van der Waals surface area contributed by atoms with Crippen LogP contribution in [0.25, 0.3) is 10.9 Å². The van der Waals surface area contributed by atoms with Gasteiger partial charge < -0.3 is 10.3 Å². The van der Waals surface area contributed by atoms with Gasteiger partial charge in [0.25, 0.3) is 5.56 Å². The topological polar surface area (TPSA) is 98.5 Å². The Morgan fingerprint density at radius 1 is 1.24 bits per heavy atom. The van der Waals surface area contributed by atoms with Crippen molar-refractivity contribution >= 4 is 22.4 Å². The van der Waals surface area contributed by atoms with Gasteiger partial charge in [0.2, 0.25) is 0 Å². The van der Waals surface area contributed by atoms with Crippen molar-refractivity contribution in [3.8, 4) is 6.07 Å². The summed E-state index contributed by atoms with van der Waals surface area (Å²) in [4.78, 5) is 15.3. The van der Waals surface area contributed by atoms with E-state index in [0.717, 1.165) is 19.3 Å². The van der Waals surface area contributed by atoms with Crippen molar-refractivity contribution in [2.45, 2.75) is 56.3 Å². The Morgan fingerprint density at radius 3 is 2.62 bits per heavy atom. The number of hydrogen-bond donors (Lipinski definition) is 3. The first kappa shape index (κ1) is 22.5. The predicted octanol–water partition coefficient (Wildman–Crippen LogP) is 4.86. The quantitative estimate of drug-likeness (QED) is 0.478. The maximum absolute atomic E-state index is 14.0. The SMILES string of the molecule is N#CC[C@@H](C1CC1)n1nc(Nc2ccc([C@@]3(C(F)(F)F)CCCCN3)cc2)c2c(=O)[nH]ccc21. The highest BCUT2D eigenvalue weighted by molar-refractivity contribution is 5.91. The number of rotatable bonds is 6. The Labute approximate surface area is 194 Å². The molecule has 2 aliphatic rings. The first-order valence-corrected chi connectivity index (χ1v) is 11.5. The average Bonchev–Trinajstić information content (AvgIpc) is 3.60. The fourth-order valence-corrected chi connectivity index (χ4v) is 5.00. The number of fused-ring (bicyclic) bond motifs is 1. The predicted molar refractivity (Wildman–Crippen MR) is 122 cm³/mol. The third kappa shape index (κ3) is 3.84. The summed E-state index contributed by atoms with van der Waals surface area (Å²) in [6.45, 7) is 0.316. The summed E-state index contributed by atoms with van der Waals surface area (Å²) in [5.74, 6) is 0.658. The molecule has 1 saturated heterocycles. The first-order valence-electron chi connectivity index (χ1n) is 11.5. The lowest BCUT2D eigenvalue weighted by atomic mass is 9.81. The second kappa shape index (κ2) is 8.47. The maximum Gasteiger partial charge on any atom is 0.410 e. The van der Waals surface area contributed by atoms with E-state index in [4.69, 9.17) is 0 Å². The minimum absolute atomic E-state index is 0.00482. The Morgan fingerprint density at radius 2 is 2.00 bits per heavy atom. The zero-order valence-electron chi connectivity index (χ0n) is 18.5. The smallest absolute Gasteiger partial charge is 0.338 e. The molecule has 10 heteroatoms. The van der Waals surface area contributed by atoms with E-state index < -0.39 is 11.7 Å². The van der Waals surface area contributed by atoms with E-state index in [1.807, 2.05) is 0 Å². The number of aromatic amines is 1. The Hall–Kier alpha value is -3.32. The summed E-state index contributed by atoms with van der Waals surface area (Å²) in [7, 11) is 0. The highest BCUT2D eigenvalue weighted by Crippen LogP contribution is 2.45. The van der Waals surface area contributed by atoms with Gasteiger partial charge in [-0.25, -0.2) is 0 Å². The molecule has 3 aromatic rings. The van der Waals surface area contributed by atoms with Gasteiger partial charge in [-0.05, 0) is 68.3 Å². The summed E-state index contributed by atoms with van der Waals surface area (Å²) in [6.07, 6.45) is 0.657. The molecule has 2 fully saturated rings. The van der Waals surface area contributed by atoms with Crippen LogP contribution in [-0.2, 0) is 5.54 Å². The third-order valence-corrected chi connectivity index (χ3v) is 6.94. The Kier molecular flexibility index (Phi) is 5.60. The van der Waals surface area contributed by atoms with E-state index in [-0.39, 0.29) is 30.0 Å². The molecular weight excluding hydrogens is 445 g/mol. The third-order valence-electron chi connectivity index (χ3n) is 6.94. The van der Waals surface area contributed by atoms with Gasteiger partial charge in [0.1, 0.15) is 10.9 Å². The van der Waals surface area contributed by atoms with Crippen molar-refractivity contribution < 1.29 is 13.2 Å². The standard InChI is InChI=1S/C24H25F3N6O/c25-24(26,27)23(11-1-2-13-30-23)16-5-7-17(8-6-16)31-21-20-19(10-14-29-22(20)34)33(32-21)18(9-12-28)15-3-4-15/h5-8,10,14-15,18,30H,1-4,9,11,13H2,(H,29,34)(H,31,32)/t18-,23+/m0/s1. The number of alkyl halides is 3. The van der Waals surface area contributed by atoms with E-state index in [1.165, 1.54) is 12.1 Å². The number of nitriles is 1. The van der Waals surface area contributed by atoms with Crippen LogP contribution >= 0.6 is 0 Å². The number of hydrogen-bond acceptors (Lipinski definition) is 5. The molecule has 1 aliphatic carbocycles. The number of pyridine rings is 1. The molecule has 0 unspecified atom stereocenters. The minimum atomic E-state index is -4.41. The Bertz CT molecular complexity index is 1280. The number of piperidine rings is 1. The van der Waals surface area contributed by atoms with Crippen LogP contribution in [0, 0.1) is 17.2 Å². The number of nitrogens with zero attached hydrogens (tertiary/aromatic N) is 3. The maximum atomic E-state index is 14.0. The van der Waals surface area contributed by atoms with Crippen molar-refractivity contribution in [3.63, 3.8) is 0 Å². The van der Waals surface area contributed by atoms with Gasteiger partial charge in [0.05, 0.1) is 24.0 Å². The lowest BCUT2D eigenvalue weighted by Gasteiger charge is -2.40. The van der Waals surface area contributed by atoms with Gasteiger partial charge in [-0.2, -0.15) is 23.5 Å². The molecule has 1 saturated carbocycles. The molecule has 3 heterocycles. The van der Waals surface area contributed by atoms with Gasteiger partial charge in [-0.1, -0.05) is 12.1 Å². The van der Waals surface area contributed by atoms with E-state index in [1.54, 1.807) is 29.1 Å². The van der Waals surface area contributed by atoms with Crippen LogP contribution in [0.5, 0.6) is 0 Å². The summed E-state index contributed by atoms with van der Waals surface area (Å²) in [6, 6.07) is 9.94. The zero-order chi connectivity index (χ0) is 23.9. The Balaban J connectivity index is 1.49. The molecule has 1 aromatic carbocycles. The molecule has 1 aliphatic heterocycles. The van der Waals surface area contributed by atoms with Crippen molar-refractivity contribution in [3.05, 3.63) is 52.4 Å². The summed E-state index contributed by atoms with van der Waals surface area (Å²) >= 11 is 0. The van der Waals surface area contributed by atoms with E-state index in [0.29, 0.717) is 41.3 Å². The molecule has 0 spiro atoms. The number of nitrogens with one attached hydrogen (secondary N) is 3. The lowest BCUT2D eigenvalue weighted by Crippen LogP contribution is -2.56. The van der Waals surface area contributed by atoms with Crippen LogP contribution in [0.1, 0.15) is 50.1 Å². The number of benzene rings is 1. The molecule has 178 valence electrons. The molecule has 7 nitrogen and oxygen atoms in total. The largest absolute Gasteiger partial charge is 0.410 e. The zero-order valence-corrected chi connectivity index (χ0v) is 18.5. The second-order valence-electron chi connectivity index (χ2n) is 9.12. The summed E-state index contributed by atoms with van der Waals surface area (Å²) < 4.78 is 43.8. The second-order valence-corrected chi connectivity index (χ2v) is 9.12. The molecule has 0 radical (unpaired) electrons. The molecule has 5 rings (SSSR count). The molecule has 3 N–H and O–H groups in total. The van der Waals surface area contributed by atoms with E-state index in [2.05, 4.69) is 26.8 Å². The molecule has 2 aromatic heterocycles. The fourth-order valence-electron chi connectivity index (χ4n) is 5.00. The van der Waals surface area contributed by atoms with Crippen LogP contribution in [0.4, 0.5) is 24.7 Å². The van der Waals surface area contributed by atoms with Gasteiger partial charge in [0, 0.05) is 11.9 Å². The normalized spacial score (nSPS) is 21.8. The highest BCUT2D eigenvalue weighted by atomic mass is 19.4. The van der Waals surface area contributed by atoms with Crippen LogP contribution in [-0.4, -0.2) is 27.5 Å². The van der Waals surface area contributed by atoms with E-state index in [9.17, 15) is 23.2 Å². The molecule has 0 amide bonds. The number of halogens is 3. The average molecular weight is 470 g/mol. The van der Waals surface area contributed by atoms with Gasteiger partial charge in [-0.3, -0.25) is 14.8 Å². The summed E-state index contributed by atoms with van der Waals surface area (Å²) in [5, 5.41) is 20.1. The van der Waals surface area contributed by atoms with Crippen LogP contribution < -0.4 is 16.2 Å². The minimum Gasteiger partial charge on any atom is -0.338 e. The van der Waals surface area contributed by atoms with Crippen LogP contribution in [0.2, 0.25) is 0 Å². The molecule has 0 bridgehead atoms. The van der Waals surface area contributed by atoms with E-state index >= 15 is 0 Å². The van der Waals surface area contributed by atoms with Crippen molar-refractivity contribution in [2.24, 2.45) is 5.92 Å².